The fraction of sp³-hybridized carbons (Fsp3) is 0.250. The van der Waals surface area contributed by atoms with Crippen molar-refractivity contribution in [2.45, 2.75) is 12.2 Å². The third-order valence-electron chi connectivity index (χ3n) is 3.19. The molecular formula is C16H18N2O4S. The number of pyridine rings is 1. The van der Waals surface area contributed by atoms with Gasteiger partial charge >= 0.3 is 5.97 Å². The number of carboxylic acids is 1. The van der Waals surface area contributed by atoms with E-state index in [1.54, 1.807) is 30.3 Å². The van der Waals surface area contributed by atoms with E-state index in [1.807, 2.05) is 6.07 Å². The highest BCUT2D eigenvalue weighted by atomic mass is 32.2. The Bertz CT molecular complexity index is 761. The summed E-state index contributed by atoms with van der Waals surface area (Å²) < 4.78 is 24.1. The standard InChI is InChI=1S/C16H18N2O4S/c19-16(20)14-8-4-9-17-15(14)18-10-5-11-23(21,22)12-13-6-2-1-3-7-13/h1-4,6-9H,5,10-12H2,(H,17,18)(H,19,20). The van der Waals surface area contributed by atoms with E-state index < -0.39 is 15.8 Å². The predicted octanol–water partition coefficient (Wildman–Crippen LogP) is 2.20. The average Bonchev–Trinajstić information content (AvgIpc) is 2.52. The predicted molar refractivity (Wildman–Crippen MR) is 88.2 cm³/mol. The van der Waals surface area contributed by atoms with E-state index in [4.69, 9.17) is 5.11 Å². The summed E-state index contributed by atoms with van der Waals surface area (Å²) in [5, 5.41) is 11.9. The first-order chi connectivity index (χ1) is 11.0. The Morgan fingerprint density at radius 3 is 2.57 bits per heavy atom. The Balaban J connectivity index is 1.84. The lowest BCUT2D eigenvalue weighted by Gasteiger charge is -2.08. The van der Waals surface area contributed by atoms with Crippen molar-refractivity contribution in [1.82, 2.24) is 4.98 Å². The minimum absolute atomic E-state index is 0.0117. The first-order valence-corrected chi connectivity index (χ1v) is 8.96. The summed E-state index contributed by atoms with van der Waals surface area (Å²) in [5.74, 6) is -0.778. The van der Waals surface area contributed by atoms with Crippen LogP contribution < -0.4 is 5.32 Å². The van der Waals surface area contributed by atoms with Crippen LogP contribution in [0.1, 0.15) is 22.3 Å². The van der Waals surface area contributed by atoms with Crippen molar-refractivity contribution in [2.24, 2.45) is 0 Å². The van der Waals surface area contributed by atoms with Gasteiger partial charge in [-0.1, -0.05) is 30.3 Å². The molecule has 0 fully saturated rings. The number of hydrogen-bond acceptors (Lipinski definition) is 5. The molecule has 0 aliphatic rings. The molecular weight excluding hydrogens is 316 g/mol. The lowest BCUT2D eigenvalue weighted by atomic mass is 10.2. The van der Waals surface area contributed by atoms with Gasteiger partial charge in [-0.15, -0.1) is 0 Å². The van der Waals surface area contributed by atoms with Gasteiger partial charge in [0.25, 0.3) is 0 Å². The van der Waals surface area contributed by atoms with E-state index in [-0.39, 0.29) is 22.9 Å². The monoisotopic (exact) mass is 334 g/mol. The van der Waals surface area contributed by atoms with Gasteiger partial charge in [0.15, 0.2) is 9.84 Å². The highest BCUT2D eigenvalue weighted by molar-refractivity contribution is 7.90. The van der Waals surface area contributed by atoms with E-state index in [9.17, 15) is 13.2 Å². The number of aromatic nitrogens is 1. The normalized spacial score (nSPS) is 11.1. The number of nitrogens with one attached hydrogen (secondary N) is 1. The lowest BCUT2D eigenvalue weighted by Crippen LogP contribution is -2.15. The number of carbonyl (C=O) groups is 1. The van der Waals surface area contributed by atoms with Crippen molar-refractivity contribution in [3.05, 3.63) is 59.8 Å². The summed E-state index contributed by atoms with van der Waals surface area (Å²) in [6.45, 7) is 0.339. The van der Waals surface area contributed by atoms with Gasteiger partial charge in [0, 0.05) is 12.7 Å². The summed E-state index contributed by atoms with van der Waals surface area (Å²) in [7, 11) is -3.19. The molecule has 2 rings (SSSR count). The fourth-order valence-corrected chi connectivity index (χ4v) is 3.55. The molecule has 23 heavy (non-hydrogen) atoms. The quantitative estimate of drug-likeness (QED) is 0.718. The van der Waals surface area contributed by atoms with Gasteiger partial charge in [0.2, 0.25) is 0 Å². The third kappa shape index (κ3) is 5.37. The highest BCUT2D eigenvalue weighted by Gasteiger charge is 2.13. The minimum Gasteiger partial charge on any atom is -0.478 e. The molecule has 122 valence electrons. The maximum Gasteiger partial charge on any atom is 0.339 e. The first-order valence-electron chi connectivity index (χ1n) is 7.14. The molecule has 7 heteroatoms. The van der Waals surface area contributed by atoms with Crippen LogP contribution in [0.25, 0.3) is 0 Å². The summed E-state index contributed by atoms with van der Waals surface area (Å²) in [4.78, 5) is 15.0. The van der Waals surface area contributed by atoms with E-state index in [2.05, 4.69) is 10.3 Å². The number of nitrogens with zero attached hydrogens (tertiary/aromatic N) is 1. The Labute approximate surface area is 135 Å². The van der Waals surface area contributed by atoms with Crippen molar-refractivity contribution in [1.29, 1.82) is 0 Å². The lowest BCUT2D eigenvalue weighted by molar-refractivity contribution is 0.0697. The molecule has 0 radical (unpaired) electrons. The maximum atomic E-state index is 12.0. The van der Waals surface area contributed by atoms with Crippen LogP contribution in [0, 0.1) is 0 Å². The van der Waals surface area contributed by atoms with Crippen molar-refractivity contribution < 1.29 is 18.3 Å². The second kappa shape index (κ2) is 7.73. The summed E-state index contributed by atoms with van der Waals surface area (Å²) in [6, 6.07) is 12.0. The van der Waals surface area contributed by atoms with Crippen molar-refractivity contribution in [2.75, 3.05) is 17.6 Å². The summed E-state index contributed by atoms with van der Waals surface area (Å²) in [5.41, 5.74) is 0.831. The van der Waals surface area contributed by atoms with Crippen molar-refractivity contribution in [3.63, 3.8) is 0 Å². The van der Waals surface area contributed by atoms with E-state index in [0.29, 0.717) is 13.0 Å². The molecule has 1 aromatic heterocycles. The molecule has 0 unspecified atom stereocenters. The Hall–Kier alpha value is -2.41. The molecule has 0 bridgehead atoms. The van der Waals surface area contributed by atoms with Gasteiger partial charge in [0.1, 0.15) is 11.4 Å². The van der Waals surface area contributed by atoms with Crippen LogP contribution in [0.15, 0.2) is 48.7 Å². The molecule has 2 N–H and O–H groups in total. The van der Waals surface area contributed by atoms with Crippen LogP contribution in [-0.2, 0) is 15.6 Å². The Morgan fingerprint density at radius 2 is 1.87 bits per heavy atom. The molecule has 6 nitrogen and oxygen atoms in total. The van der Waals surface area contributed by atoms with E-state index >= 15 is 0 Å². The SMILES string of the molecule is O=C(O)c1cccnc1NCCCS(=O)(=O)Cc1ccccc1. The number of rotatable bonds is 8. The smallest absolute Gasteiger partial charge is 0.339 e. The zero-order valence-electron chi connectivity index (χ0n) is 12.5. The van der Waals surface area contributed by atoms with Gasteiger partial charge in [0.05, 0.1) is 11.5 Å². The number of anilines is 1. The number of aromatic carboxylic acids is 1. The largest absolute Gasteiger partial charge is 0.478 e. The second-order valence-electron chi connectivity index (χ2n) is 5.06. The van der Waals surface area contributed by atoms with Crippen LogP contribution >= 0.6 is 0 Å². The maximum absolute atomic E-state index is 12.0. The van der Waals surface area contributed by atoms with Gasteiger partial charge in [-0.25, -0.2) is 18.2 Å². The highest BCUT2D eigenvalue weighted by Crippen LogP contribution is 2.12. The molecule has 0 atom stereocenters. The van der Waals surface area contributed by atoms with Crippen LogP contribution in [-0.4, -0.2) is 36.8 Å². The van der Waals surface area contributed by atoms with Crippen LogP contribution in [0.4, 0.5) is 5.82 Å². The molecule has 0 spiro atoms. The molecule has 2 aromatic rings. The van der Waals surface area contributed by atoms with Crippen molar-refractivity contribution >= 4 is 21.6 Å². The van der Waals surface area contributed by atoms with Crippen molar-refractivity contribution in [3.8, 4) is 0 Å². The number of benzene rings is 1. The van der Waals surface area contributed by atoms with E-state index in [1.165, 1.54) is 12.3 Å². The molecule has 0 amide bonds. The zero-order chi connectivity index (χ0) is 16.7. The topological polar surface area (TPSA) is 96.4 Å². The zero-order valence-corrected chi connectivity index (χ0v) is 13.3. The van der Waals surface area contributed by atoms with Gasteiger partial charge < -0.3 is 10.4 Å². The number of carboxylic acid groups (broad SMARTS) is 1. The third-order valence-corrected chi connectivity index (χ3v) is 4.88. The molecule has 0 aliphatic heterocycles. The van der Waals surface area contributed by atoms with Gasteiger partial charge in [-0.05, 0) is 24.1 Å². The number of sulfone groups is 1. The van der Waals surface area contributed by atoms with Crippen LogP contribution in [0.5, 0.6) is 0 Å². The van der Waals surface area contributed by atoms with Crippen LogP contribution in [0.2, 0.25) is 0 Å². The Kier molecular flexibility index (Phi) is 5.70. The molecule has 0 saturated heterocycles. The summed E-state index contributed by atoms with van der Waals surface area (Å²) >= 11 is 0. The van der Waals surface area contributed by atoms with Crippen LogP contribution in [0.3, 0.4) is 0 Å². The first kappa shape index (κ1) is 17.0. The minimum atomic E-state index is -3.19. The second-order valence-corrected chi connectivity index (χ2v) is 7.25. The molecule has 0 aliphatic carbocycles. The summed E-state index contributed by atoms with van der Waals surface area (Å²) in [6.07, 6.45) is 1.87. The van der Waals surface area contributed by atoms with E-state index in [0.717, 1.165) is 5.56 Å². The molecule has 1 aromatic carbocycles. The average molecular weight is 334 g/mol. The Morgan fingerprint density at radius 1 is 1.13 bits per heavy atom. The molecule has 0 saturated carbocycles. The fourth-order valence-electron chi connectivity index (χ4n) is 2.12. The number of hydrogen-bond donors (Lipinski definition) is 2. The van der Waals surface area contributed by atoms with Gasteiger partial charge in [-0.3, -0.25) is 0 Å². The molecule has 1 heterocycles. The van der Waals surface area contributed by atoms with Gasteiger partial charge in [-0.2, -0.15) is 0 Å².